The van der Waals surface area contributed by atoms with Crippen LogP contribution in [0.1, 0.15) is 23.6 Å². The minimum atomic E-state index is 0.163. The lowest BCUT2D eigenvalue weighted by atomic mass is 10.1. The Morgan fingerprint density at radius 1 is 1.20 bits per heavy atom. The van der Waals surface area contributed by atoms with Crippen LogP contribution >= 0.6 is 0 Å². The molecule has 106 valence electrons. The van der Waals surface area contributed by atoms with Crippen molar-refractivity contribution in [2.24, 2.45) is 5.73 Å². The molecule has 0 amide bonds. The van der Waals surface area contributed by atoms with E-state index in [1.165, 1.54) is 22.4 Å². The predicted molar refractivity (Wildman–Crippen MR) is 85.6 cm³/mol. The first-order valence-electron chi connectivity index (χ1n) is 6.99. The first kappa shape index (κ1) is 14.5. The molecule has 1 aromatic heterocycles. The Hall–Kier alpha value is -1.87. The molecule has 0 aliphatic rings. The van der Waals surface area contributed by atoms with Crippen molar-refractivity contribution in [2.75, 3.05) is 11.9 Å². The number of aromatic nitrogens is 1. The topological polar surface area (TPSA) is 42.2 Å². The zero-order valence-corrected chi connectivity index (χ0v) is 12.7. The maximum absolute atomic E-state index is 5.85. The Labute approximate surface area is 121 Å². The van der Waals surface area contributed by atoms with Crippen LogP contribution < -0.4 is 10.6 Å². The number of aryl methyl sites for hydroxylation is 2. The van der Waals surface area contributed by atoms with E-state index < -0.39 is 0 Å². The Bertz CT molecular complexity index is 591. The van der Waals surface area contributed by atoms with Crippen LogP contribution in [0.4, 0.5) is 11.5 Å². The van der Waals surface area contributed by atoms with E-state index in [0.29, 0.717) is 0 Å². The third kappa shape index (κ3) is 3.17. The number of hydrogen-bond acceptors (Lipinski definition) is 3. The number of nitrogens with two attached hydrogens (primary N) is 1. The van der Waals surface area contributed by atoms with Gasteiger partial charge in [-0.15, -0.1) is 0 Å². The lowest BCUT2D eigenvalue weighted by molar-refractivity contribution is 0.735. The van der Waals surface area contributed by atoms with Gasteiger partial charge in [0.1, 0.15) is 5.82 Å². The predicted octanol–water partition coefficient (Wildman–Crippen LogP) is 3.36. The van der Waals surface area contributed by atoms with Gasteiger partial charge in [-0.25, -0.2) is 4.98 Å². The zero-order chi connectivity index (χ0) is 14.7. The minimum Gasteiger partial charge on any atom is -0.329 e. The quantitative estimate of drug-likeness (QED) is 0.925. The molecule has 0 fully saturated rings. The van der Waals surface area contributed by atoms with Crippen molar-refractivity contribution in [1.82, 2.24) is 4.98 Å². The van der Waals surface area contributed by atoms with Gasteiger partial charge in [0.2, 0.25) is 0 Å². The molecular weight excluding hydrogens is 246 g/mol. The highest BCUT2D eigenvalue weighted by Gasteiger charge is 2.11. The Kier molecular flexibility index (Phi) is 4.40. The highest BCUT2D eigenvalue weighted by Crippen LogP contribution is 2.27. The van der Waals surface area contributed by atoms with Gasteiger partial charge in [0.05, 0.1) is 0 Å². The van der Waals surface area contributed by atoms with Gasteiger partial charge in [-0.3, -0.25) is 0 Å². The number of pyridine rings is 1. The van der Waals surface area contributed by atoms with Gasteiger partial charge in [0, 0.05) is 25.0 Å². The van der Waals surface area contributed by atoms with E-state index in [2.05, 4.69) is 61.1 Å². The summed E-state index contributed by atoms with van der Waals surface area (Å²) in [6.45, 7) is 6.23. The summed E-state index contributed by atoms with van der Waals surface area (Å²) >= 11 is 0. The number of benzene rings is 1. The zero-order valence-electron chi connectivity index (χ0n) is 12.7. The van der Waals surface area contributed by atoms with Gasteiger partial charge >= 0.3 is 0 Å². The summed E-state index contributed by atoms with van der Waals surface area (Å²) in [4.78, 5) is 6.76. The minimum absolute atomic E-state index is 0.163. The van der Waals surface area contributed by atoms with Gasteiger partial charge in [-0.1, -0.05) is 24.3 Å². The van der Waals surface area contributed by atoms with E-state index in [0.717, 1.165) is 12.2 Å². The fourth-order valence-corrected chi connectivity index (χ4v) is 2.51. The van der Waals surface area contributed by atoms with Crippen LogP contribution in [0.5, 0.6) is 0 Å². The smallest absolute Gasteiger partial charge is 0.135 e. The number of para-hydroxylation sites is 1. The number of hydrogen-bond donors (Lipinski definition) is 1. The molecule has 0 radical (unpaired) electrons. The largest absolute Gasteiger partial charge is 0.329 e. The Morgan fingerprint density at radius 3 is 2.50 bits per heavy atom. The summed E-state index contributed by atoms with van der Waals surface area (Å²) in [5.74, 6) is 0.993. The normalized spacial score (nSPS) is 12.2. The first-order chi connectivity index (χ1) is 9.49. The van der Waals surface area contributed by atoms with Crippen LogP contribution in [0.25, 0.3) is 0 Å². The molecule has 0 aliphatic carbocycles. The Morgan fingerprint density at radius 2 is 1.90 bits per heavy atom. The molecule has 1 atom stereocenters. The molecule has 2 rings (SSSR count). The summed E-state index contributed by atoms with van der Waals surface area (Å²) in [6, 6.07) is 10.7. The lowest BCUT2D eigenvalue weighted by Crippen LogP contribution is -2.19. The average molecular weight is 269 g/mol. The van der Waals surface area contributed by atoms with Gasteiger partial charge in [0.15, 0.2) is 0 Å². The molecule has 0 bridgehead atoms. The molecule has 2 aromatic rings. The van der Waals surface area contributed by atoms with Crippen molar-refractivity contribution in [2.45, 2.75) is 33.2 Å². The summed E-state index contributed by atoms with van der Waals surface area (Å²) in [7, 11) is 2.06. The van der Waals surface area contributed by atoms with Crippen molar-refractivity contribution >= 4 is 11.5 Å². The second-order valence-electron chi connectivity index (χ2n) is 5.51. The van der Waals surface area contributed by atoms with Crippen LogP contribution in [-0.4, -0.2) is 18.1 Å². The maximum Gasteiger partial charge on any atom is 0.135 e. The average Bonchev–Trinajstić information content (AvgIpc) is 2.38. The fourth-order valence-electron chi connectivity index (χ4n) is 2.51. The van der Waals surface area contributed by atoms with Gasteiger partial charge in [-0.2, -0.15) is 0 Å². The highest BCUT2D eigenvalue weighted by atomic mass is 15.2. The molecule has 3 nitrogen and oxygen atoms in total. The van der Waals surface area contributed by atoms with E-state index in [-0.39, 0.29) is 6.04 Å². The highest BCUT2D eigenvalue weighted by molar-refractivity contribution is 5.65. The van der Waals surface area contributed by atoms with Crippen molar-refractivity contribution in [3.05, 3.63) is 53.2 Å². The third-order valence-corrected chi connectivity index (χ3v) is 3.46. The molecule has 20 heavy (non-hydrogen) atoms. The van der Waals surface area contributed by atoms with E-state index in [1.807, 2.05) is 13.1 Å². The van der Waals surface area contributed by atoms with Crippen LogP contribution in [0.15, 0.2) is 36.5 Å². The van der Waals surface area contributed by atoms with Crippen LogP contribution in [-0.2, 0) is 6.42 Å². The number of anilines is 2. The van der Waals surface area contributed by atoms with Gasteiger partial charge in [0.25, 0.3) is 0 Å². The third-order valence-electron chi connectivity index (χ3n) is 3.46. The lowest BCUT2D eigenvalue weighted by Gasteiger charge is -2.22. The molecule has 0 aliphatic heterocycles. The molecule has 3 heteroatoms. The summed E-state index contributed by atoms with van der Waals surface area (Å²) in [5.41, 5.74) is 10.6. The summed E-state index contributed by atoms with van der Waals surface area (Å²) in [6.07, 6.45) is 2.79. The first-order valence-corrected chi connectivity index (χ1v) is 6.99. The molecule has 1 aromatic carbocycles. The molecule has 0 saturated carbocycles. The monoisotopic (exact) mass is 269 g/mol. The van der Waals surface area contributed by atoms with Gasteiger partial charge in [-0.05, 0) is 49.9 Å². The number of nitrogens with zero attached hydrogens (tertiary/aromatic N) is 2. The van der Waals surface area contributed by atoms with E-state index in [1.54, 1.807) is 0 Å². The van der Waals surface area contributed by atoms with Crippen molar-refractivity contribution < 1.29 is 0 Å². The van der Waals surface area contributed by atoms with Crippen molar-refractivity contribution in [3.63, 3.8) is 0 Å². The molecule has 2 N–H and O–H groups in total. The van der Waals surface area contributed by atoms with E-state index >= 15 is 0 Å². The molecule has 0 saturated heterocycles. The standard InChI is InChI=1S/C17H23N3/c1-12-7-5-6-8-16(12)20(4)17-13(2)9-15(11-19-17)10-14(3)18/h5-9,11,14H,10,18H2,1-4H3. The molecule has 1 heterocycles. The van der Waals surface area contributed by atoms with E-state index in [9.17, 15) is 0 Å². The van der Waals surface area contributed by atoms with Crippen LogP contribution in [0, 0.1) is 13.8 Å². The van der Waals surface area contributed by atoms with E-state index in [4.69, 9.17) is 5.73 Å². The second-order valence-corrected chi connectivity index (χ2v) is 5.51. The summed E-state index contributed by atoms with van der Waals surface area (Å²) in [5, 5.41) is 0. The molecule has 0 spiro atoms. The van der Waals surface area contributed by atoms with Crippen LogP contribution in [0.2, 0.25) is 0 Å². The molecule has 1 unspecified atom stereocenters. The fraction of sp³-hybridized carbons (Fsp3) is 0.353. The van der Waals surface area contributed by atoms with Crippen LogP contribution in [0.3, 0.4) is 0 Å². The number of rotatable bonds is 4. The SMILES string of the molecule is Cc1ccccc1N(C)c1ncc(CC(C)N)cc1C. The Balaban J connectivity index is 2.31. The summed E-state index contributed by atoms with van der Waals surface area (Å²) < 4.78 is 0. The molecular formula is C17H23N3. The van der Waals surface area contributed by atoms with Crippen molar-refractivity contribution in [1.29, 1.82) is 0 Å². The maximum atomic E-state index is 5.85. The van der Waals surface area contributed by atoms with Gasteiger partial charge < -0.3 is 10.6 Å². The van der Waals surface area contributed by atoms with Crippen molar-refractivity contribution in [3.8, 4) is 0 Å². The second kappa shape index (κ2) is 6.06.